The molecule has 0 radical (unpaired) electrons. The second-order valence-corrected chi connectivity index (χ2v) is 7.55. The summed E-state index contributed by atoms with van der Waals surface area (Å²) in [7, 11) is 0. The van der Waals surface area contributed by atoms with Crippen molar-refractivity contribution in [3.8, 4) is 17.3 Å². The summed E-state index contributed by atoms with van der Waals surface area (Å²) in [5.74, 6) is 0. The van der Waals surface area contributed by atoms with Gasteiger partial charge in [-0.3, -0.25) is 4.79 Å². The number of nitrogens with zero attached hydrogens (tertiary/aromatic N) is 4. The van der Waals surface area contributed by atoms with E-state index < -0.39 is 0 Å². The Hall–Kier alpha value is -3.96. The van der Waals surface area contributed by atoms with Crippen LogP contribution in [-0.2, 0) is 11.3 Å². The summed E-state index contributed by atoms with van der Waals surface area (Å²) in [4.78, 5) is 20.8. The predicted molar refractivity (Wildman–Crippen MR) is 124 cm³/mol. The number of aromatic nitrogens is 3. The Morgan fingerprint density at radius 3 is 2.77 bits per heavy atom. The molecule has 0 fully saturated rings. The number of nitriles is 1. The number of fused-ring (bicyclic) bond motifs is 1. The van der Waals surface area contributed by atoms with E-state index in [0.29, 0.717) is 45.7 Å². The molecule has 0 aliphatic carbocycles. The highest BCUT2D eigenvalue weighted by atomic mass is 32.1. The first-order chi connectivity index (χ1) is 15.0. The Kier molecular flexibility index (Phi) is 5.52. The van der Waals surface area contributed by atoms with Gasteiger partial charge in [0.2, 0.25) is 6.41 Å². The minimum atomic E-state index is 0.343. The molecule has 2 aromatic carbocycles. The highest BCUT2D eigenvalue weighted by Gasteiger charge is 2.21. The summed E-state index contributed by atoms with van der Waals surface area (Å²) >= 11 is 5.52. The molecule has 8 heteroatoms. The van der Waals surface area contributed by atoms with Crippen LogP contribution < -0.4 is 10.6 Å². The van der Waals surface area contributed by atoms with Gasteiger partial charge in [0, 0.05) is 13.1 Å². The van der Waals surface area contributed by atoms with Crippen molar-refractivity contribution in [1.29, 1.82) is 5.26 Å². The molecular weight excluding hydrogens is 408 g/mol. The molecule has 1 amide bonds. The molecule has 0 bridgehead atoms. The maximum Gasteiger partial charge on any atom is 0.214 e. The normalized spacial score (nSPS) is 10.7. The van der Waals surface area contributed by atoms with Crippen LogP contribution in [0.1, 0.15) is 11.1 Å². The second kappa shape index (κ2) is 8.42. The largest absolute Gasteiger partial charge is 0.397 e. The van der Waals surface area contributed by atoms with Gasteiger partial charge in [0.1, 0.15) is 27.3 Å². The lowest BCUT2D eigenvalue weighted by Crippen LogP contribution is -2.27. The number of rotatable bonds is 6. The molecule has 3 N–H and O–H groups in total. The Labute approximate surface area is 184 Å². The third-order valence-corrected chi connectivity index (χ3v) is 5.50. The summed E-state index contributed by atoms with van der Waals surface area (Å²) in [6, 6.07) is 17.5. The van der Waals surface area contributed by atoms with E-state index in [-0.39, 0.29) is 0 Å². The van der Waals surface area contributed by atoms with Crippen LogP contribution in [-0.4, -0.2) is 27.5 Å². The fourth-order valence-electron chi connectivity index (χ4n) is 3.75. The number of H-pyrrole nitrogens is 1. The first kappa shape index (κ1) is 20.3. The molecule has 0 aliphatic heterocycles. The molecule has 0 unspecified atom stereocenters. The molecule has 7 nitrogen and oxygen atoms in total. The van der Waals surface area contributed by atoms with E-state index in [1.807, 2.05) is 54.0 Å². The zero-order valence-electron chi connectivity index (χ0n) is 16.9. The third-order valence-electron chi connectivity index (χ3n) is 5.19. The third kappa shape index (κ3) is 3.67. The van der Waals surface area contributed by atoms with Crippen molar-refractivity contribution in [3.05, 3.63) is 70.6 Å². The van der Waals surface area contributed by atoms with Crippen molar-refractivity contribution >= 4 is 41.0 Å². The van der Waals surface area contributed by atoms with Crippen LogP contribution in [0, 0.1) is 22.9 Å². The highest BCUT2D eigenvalue weighted by Crippen LogP contribution is 2.33. The van der Waals surface area contributed by atoms with E-state index in [9.17, 15) is 10.1 Å². The van der Waals surface area contributed by atoms with E-state index in [2.05, 4.69) is 16.0 Å². The molecule has 0 saturated heterocycles. The number of hydrogen-bond donors (Lipinski definition) is 2. The average Bonchev–Trinajstić information content (AvgIpc) is 3.11. The van der Waals surface area contributed by atoms with Gasteiger partial charge in [0.15, 0.2) is 0 Å². The molecule has 2 aromatic heterocycles. The zero-order chi connectivity index (χ0) is 22.0. The van der Waals surface area contributed by atoms with E-state index in [4.69, 9.17) is 18.0 Å². The van der Waals surface area contributed by atoms with Crippen LogP contribution in [0.3, 0.4) is 0 Å². The van der Waals surface area contributed by atoms with Gasteiger partial charge in [-0.15, -0.1) is 0 Å². The Morgan fingerprint density at radius 1 is 1.29 bits per heavy atom. The SMILES string of the molecule is Cc1ccc(N)c(N(C=O)CCn2c(-c3ccccc3)c(C#N)c3nc[nH]c(=S)c32)c1. The van der Waals surface area contributed by atoms with Gasteiger partial charge in [-0.2, -0.15) is 5.26 Å². The van der Waals surface area contributed by atoms with Gasteiger partial charge in [-0.1, -0.05) is 48.6 Å². The lowest BCUT2D eigenvalue weighted by atomic mass is 10.1. The average molecular weight is 429 g/mol. The monoisotopic (exact) mass is 428 g/mol. The van der Waals surface area contributed by atoms with Crippen molar-refractivity contribution in [1.82, 2.24) is 14.5 Å². The first-order valence-electron chi connectivity index (χ1n) is 9.68. The quantitative estimate of drug-likeness (QED) is 0.272. The van der Waals surface area contributed by atoms with Gasteiger partial charge in [-0.25, -0.2) is 4.98 Å². The summed E-state index contributed by atoms with van der Waals surface area (Å²) < 4.78 is 2.44. The van der Waals surface area contributed by atoms with Crippen LogP contribution in [0.25, 0.3) is 22.3 Å². The van der Waals surface area contributed by atoms with E-state index >= 15 is 0 Å². The molecule has 154 valence electrons. The van der Waals surface area contributed by atoms with Gasteiger partial charge >= 0.3 is 0 Å². The zero-order valence-corrected chi connectivity index (χ0v) is 17.7. The second-order valence-electron chi connectivity index (χ2n) is 7.14. The van der Waals surface area contributed by atoms with Crippen LogP contribution in [0.2, 0.25) is 0 Å². The molecule has 31 heavy (non-hydrogen) atoms. The number of carbonyl (C=O) groups is 1. The topological polar surface area (TPSA) is 104 Å². The van der Waals surface area contributed by atoms with E-state index in [0.717, 1.165) is 23.2 Å². The number of amides is 1. The fraction of sp³-hybridized carbons (Fsp3) is 0.130. The predicted octanol–water partition coefficient (Wildman–Crippen LogP) is 4.19. The summed E-state index contributed by atoms with van der Waals surface area (Å²) in [5, 5.41) is 9.92. The summed E-state index contributed by atoms with van der Waals surface area (Å²) in [6.45, 7) is 2.69. The maximum absolute atomic E-state index is 11.9. The highest BCUT2D eigenvalue weighted by molar-refractivity contribution is 7.71. The van der Waals surface area contributed by atoms with Gasteiger partial charge < -0.3 is 20.2 Å². The molecule has 0 saturated carbocycles. The molecule has 0 aliphatic rings. The number of aromatic amines is 1. The molecule has 2 heterocycles. The smallest absolute Gasteiger partial charge is 0.214 e. The van der Waals surface area contributed by atoms with Gasteiger partial charge in [-0.05, 0) is 30.2 Å². The van der Waals surface area contributed by atoms with Crippen molar-refractivity contribution in [3.63, 3.8) is 0 Å². The molecule has 4 rings (SSSR count). The number of aryl methyl sites for hydroxylation is 1. The Balaban J connectivity index is 1.85. The number of carbonyl (C=O) groups excluding carboxylic acids is 1. The minimum absolute atomic E-state index is 0.343. The first-order valence-corrected chi connectivity index (χ1v) is 10.1. The molecule has 4 aromatic rings. The van der Waals surface area contributed by atoms with Crippen LogP contribution in [0.15, 0.2) is 54.9 Å². The molecule has 0 spiro atoms. The van der Waals surface area contributed by atoms with Crippen molar-refractivity contribution < 1.29 is 4.79 Å². The minimum Gasteiger partial charge on any atom is -0.397 e. The number of nitrogens with two attached hydrogens (primary N) is 1. The number of nitrogens with one attached hydrogen (secondary N) is 1. The van der Waals surface area contributed by atoms with Crippen LogP contribution in [0.5, 0.6) is 0 Å². The summed E-state index contributed by atoms with van der Waals surface area (Å²) in [5.41, 5.74) is 11.5. The van der Waals surface area contributed by atoms with E-state index in [1.165, 1.54) is 6.33 Å². The number of hydrogen-bond acceptors (Lipinski definition) is 5. The maximum atomic E-state index is 11.9. The number of nitrogen functional groups attached to an aromatic ring is 1. The standard InChI is InChI=1S/C23H20N6OS/c1-15-7-8-18(25)19(11-15)28(14-30)9-10-29-21(16-5-3-2-4-6-16)17(12-24)20-22(29)23(31)27-13-26-20/h2-8,11,13-14H,9-10,25H2,1H3,(H,26,27,31). The van der Waals surface area contributed by atoms with Crippen LogP contribution in [0.4, 0.5) is 11.4 Å². The van der Waals surface area contributed by atoms with E-state index in [1.54, 1.807) is 11.0 Å². The van der Waals surface area contributed by atoms with Crippen LogP contribution >= 0.6 is 12.2 Å². The molecule has 0 atom stereocenters. The Morgan fingerprint density at radius 2 is 2.06 bits per heavy atom. The lowest BCUT2D eigenvalue weighted by molar-refractivity contribution is -0.107. The lowest BCUT2D eigenvalue weighted by Gasteiger charge is -2.21. The summed E-state index contributed by atoms with van der Waals surface area (Å²) in [6.07, 6.45) is 2.26. The molecular formula is C23H20N6OS. The number of benzene rings is 2. The van der Waals surface area contributed by atoms with Crippen molar-refractivity contribution in [2.45, 2.75) is 13.5 Å². The fourth-order valence-corrected chi connectivity index (χ4v) is 4.01. The van der Waals surface area contributed by atoms with Gasteiger partial charge in [0.25, 0.3) is 0 Å². The Bertz CT molecular complexity index is 1370. The van der Waals surface area contributed by atoms with Gasteiger partial charge in [0.05, 0.1) is 23.4 Å². The number of anilines is 2. The van der Waals surface area contributed by atoms with Crippen molar-refractivity contribution in [2.24, 2.45) is 0 Å². The van der Waals surface area contributed by atoms with Crippen molar-refractivity contribution in [2.75, 3.05) is 17.2 Å².